The molecular formula is C24H25ClN2O2. The maximum absolute atomic E-state index is 13.1. The van der Waals surface area contributed by atoms with Gasteiger partial charge in [0.25, 0.3) is 0 Å². The van der Waals surface area contributed by atoms with E-state index in [1.807, 2.05) is 36.4 Å². The van der Waals surface area contributed by atoms with Crippen molar-refractivity contribution in [3.05, 3.63) is 82.9 Å². The largest absolute Gasteiger partial charge is 0.357 e. The minimum Gasteiger partial charge on any atom is -0.357 e. The summed E-state index contributed by atoms with van der Waals surface area (Å²) >= 11 is 6.09. The summed E-state index contributed by atoms with van der Waals surface area (Å²) in [5, 5.41) is 5.56. The molecule has 0 aliphatic carbocycles. The first-order valence-electron chi connectivity index (χ1n) is 9.71. The van der Waals surface area contributed by atoms with E-state index < -0.39 is 6.04 Å². The van der Waals surface area contributed by atoms with E-state index >= 15 is 0 Å². The van der Waals surface area contributed by atoms with E-state index in [9.17, 15) is 9.59 Å². The van der Waals surface area contributed by atoms with Crippen LogP contribution in [0.15, 0.2) is 66.7 Å². The molecular weight excluding hydrogens is 384 g/mol. The van der Waals surface area contributed by atoms with Crippen molar-refractivity contribution in [1.82, 2.24) is 10.2 Å². The molecule has 5 heteroatoms. The zero-order valence-electron chi connectivity index (χ0n) is 16.7. The van der Waals surface area contributed by atoms with Gasteiger partial charge < -0.3 is 10.2 Å². The van der Waals surface area contributed by atoms with E-state index in [1.165, 1.54) is 0 Å². The average molecular weight is 409 g/mol. The minimum atomic E-state index is -0.570. The van der Waals surface area contributed by atoms with Crippen LogP contribution in [0.25, 0.3) is 10.8 Å². The molecule has 0 aliphatic rings. The fraction of sp³-hybridized carbons (Fsp3) is 0.250. The predicted octanol–water partition coefficient (Wildman–Crippen LogP) is 4.59. The Morgan fingerprint density at radius 1 is 1.03 bits per heavy atom. The van der Waals surface area contributed by atoms with Gasteiger partial charge in [0.2, 0.25) is 11.8 Å². The minimum absolute atomic E-state index is 0.0611. The summed E-state index contributed by atoms with van der Waals surface area (Å²) in [5.41, 5.74) is 2.03. The molecule has 0 saturated heterocycles. The third kappa shape index (κ3) is 5.15. The lowest BCUT2D eigenvalue weighted by atomic mass is 10.0. The van der Waals surface area contributed by atoms with Crippen molar-refractivity contribution in [2.75, 3.05) is 7.05 Å². The van der Waals surface area contributed by atoms with Crippen LogP contribution >= 0.6 is 11.6 Å². The van der Waals surface area contributed by atoms with Gasteiger partial charge in [-0.1, -0.05) is 66.2 Å². The van der Waals surface area contributed by atoms with E-state index in [0.717, 1.165) is 21.9 Å². The number of rotatable bonds is 7. The summed E-state index contributed by atoms with van der Waals surface area (Å²) in [6.07, 6.45) is 0.947. The Bertz CT molecular complexity index is 1010. The zero-order chi connectivity index (χ0) is 20.8. The lowest BCUT2D eigenvalue weighted by molar-refractivity contribution is -0.140. The molecule has 3 rings (SSSR count). The number of halogens is 1. The van der Waals surface area contributed by atoms with Gasteiger partial charge >= 0.3 is 0 Å². The molecule has 0 bridgehead atoms. The lowest BCUT2D eigenvalue weighted by Crippen LogP contribution is -2.46. The van der Waals surface area contributed by atoms with Crippen LogP contribution in [0.4, 0.5) is 0 Å². The van der Waals surface area contributed by atoms with Crippen molar-refractivity contribution >= 4 is 34.2 Å². The van der Waals surface area contributed by atoms with Crippen LogP contribution < -0.4 is 5.32 Å². The molecule has 1 N–H and O–H groups in total. The Morgan fingerprint density at radius 2 is 1.76 bits per heavy atom. The number of nitrogens with one attached hydrogen (secondary N) is 1. The third-order valence-corrected chi connectivity index (χ3v) is 5.38. The fourth-order valence-electron chi connectivity index (χ4n) is 3.52. The molecule has 0 fully saturated rings. The maximum Gasteiger partial charge on any atom is 0.242 e. The van der Waals surface area contributed by atoms with Crippen LogP contribution in [0.3, 0.4) is 0 Å². The highest BCUT2D eigenvalue weighted by molar-refractivity contribution is 6.30. The van der Waals surface area contributed by atoms with Gasteiger partial charge in [-0.05, 0) is 47.4 Å². The molecule has 2 amide bonds. The van der Waals surface area contributed by atoms with Crippen molar-refractivity contribution in [2.45, 2.75) is 32.4 Å². The van der Waals surface area contributed by atoms with Gasteiger partial charge in [0.05, 0.1) is 0 Å². The normalized spacial score (nSPS) is 11.8. The van der Waals surface area contributed by atoms with Crippen LogP contribution in [-0.4, -0.2) is 29.8 Å². The first-order chi connectivity index (χ1) is 14.0. The number of fused-ring (bicyclic) bond motifs is 1. The summed E-state index contributed by atoms with van der Waals surface area (Å²) in [7, 11) is 1.58. The standard InChI is InChI=1S/C24H25ClN2O2/c1-17(24(29)26-2)27(16-18-7-5-11-21(25)15-18)23(28)14-13-20-10-6-9-19-8-3-4-12-22(19)20/h3-12,15,17H,13-14,16H2,1-2H3,(H,26,29)/t17-/m0/s1. The van der Waals surface area contributed by atoms with Crippen LogP contribution in [-0.2, 0) is 22.6 Å². The molecule has 0 radical (unpaired) electrons. The van der Waals surface area contributed by atoms with E-state index in [-0.39, 0.29) is 11.8 Å². The highest BCUT2D eigenvalue weighted by Gasteiger charge is 2.25. The van der Waals surface area contributed by atoms with Gasteiger partial charge in [0, 0.05) is 25.0 Å². The van der Waals surface area contributed by atoms with Gasteiger partial charge in [0.15, 0.2) is 0 Å². The molecule has 0 saturated carbocycles. The quantitative estimate of drug-likeness (QED) is 0.621. The molecule has 0 heterocycles. The third-order valence-electron chi connectivity index (χ3n) is 5.14. The van der Waals surface area contributed by atoms with Crippen molar-refractivity contribution in [2.24, 2.45) is 0 Å². The molecule has 3 aromatic carbocycles. The van der Waals surface area contributed by atoms with Crippen LogP contribution in [0.2, 0.25) is 5.02 Å². The Balaban J connectivity index is 1.79. The summed E-state index contributed by atoms with van der Waals surface area (Å²) in [4.78, 5) is 27.0. The first-order valence-corrected chi connectivity index (χ1v) is 10.1. The van der Waals surface area contributed by atoms with Crippen LogP contribution in [0.5, 0.6) is 0 Å². The summed E-state index contributed by atoms with van der Waals surface area (Å²) < 4.78 is 0. The highest BCUT2D eigenvalue weighted by Crippen LogP contribution is 2.21. The Hall–Kier alpha value is -2.85. The number of amides is 2. The summed E-state index contributed by atoms with van der Waals surface area (Å²) in [6, 6.07) is 21.1. The monoisotopic (exact) mass is 408 g/mol. The molecule has 1 atom stereocenters. The molecule has 4 nitrogen and oxygen atoms in total. The molecule has 29 heavy (non-hydrogen) atoms. The van der Waals surface area contributed by atoms with Crippen molar-refractivity contribution in [1.29, 1.82) is 0 Å². The van der Waals surface area contributed by atoms with Gasteiger partial charge in [-0.2, -0.15) is 0 Å². The van der Waals surface area contributed by atoms with E-state index in [2.05, 4.69) is 29.6 Å². The fourth-order valence-corrected chi connectivity index (χ4v) is 3.73. The van der Waals surface area contributed by atoms with E-state index in [4.69, 9.17) is 11.6 Å². The van der Waals surface area contributed by atoms with Crippen molar-refractivity contribution < 1.29 is 9.59 Å². The van der Waals surface area contributed by atoms with Crippen LogP contribution in [0, 0.1) is 0 Å². The van der Waals surface area contributed by atoms with Gasteiger partial charge in [-0.3, -0.25) is 9.59 Å². The maximum atomic E-state index is 13.1. The van der Waals surface area contributed by atoms with Crippen LogP contribution in [0.1, 0.15) is 24.5 Å². The average Bonchev–Trinajstić information content (AvgIpc) is 2.74. The van der Waals surface area contributed by atoms with Gasteiger partial charge in [-0.25, -0.2) is 0 Å². The summed E-state index contributed by atoms with van der Waals surface area (Å²) in [6.45, 7) is 2.09. The highest BCUT2D eigenvalue weighted by atomic mass is 35.5. The molecule has 3 aromatic rings. The molecule has 150 valence electrons. The lowest BCUT2D eigenvalue weighted by Gasteiger charge is -2.28. The van der Waals surface area contributed by atoms with E-state index in [0.29, 0.717) is 24.4 Å². The molecule has 0 aromatic heterocycles. The number of nitrogens with zero attached hydrogens (tertiary/aromatic N) is 1. The zero-order valence-corrected chi connectivity index (χ0v) is 17.4. The van der Waals surface area contributed by atoms with Gasteiger partial charge in [0.1, 0.15) is 6.04 Å². The number of benzene rings is 3. The topological polar surface area (TPSA) is 49.4 Å². The second-order valence-electron chi connectivity index (χ2n) is 7.08. The Labute approximate surface area is 176 Å². The molecule has 0 unspecified atom stereocenters. The smallest absolute Gasteiger partial charge is 0.242 e. The SMILES string of the molecule is CNC(=O)[C@H](C)N(Cc1cccc(Cl)c1)C(=O)CCc1cccc2ccccc12. The first kappa shape index (κ1) is 20.9. The number of carbonyl (C=O) groups excluding carboxylic acids is 2. The molecule has 0 aliphatic heterocycles. The number of hydrogen-bond donors (Lipinski definition) is 1. The number of likely N-dealkylation sites (N-methyl/N-ethyl adjacent to an activating group) is 1. The predicted molar refractivity (Wildman–Crippen MR) is 118 cm³/mol. The number of aryl methyl sites for hydroxylation is 1. The van der Waals surface area contributed by atoms with Crippen molar-refractivity contribution in [3.63, 3.8) is 0 Å². The summed E-state index contributed by atoms with van der Waals surface area (Å²) in [5.74, 6) is -0.250. The molecule has 0 spiro atoms. The Morgan fingerprint density at radius 3 is 2.52 bits per heavy atom. The number of carbonyl (C=O) groups is 2. The second kappa shape index (κ2) is 9.57. The van der Waals surface area contributed by atoms with Crippen molar-refractivity contribution in [3.8, 4) is 0 Å². The Kier molecular flexibility index (Phi) is 6.89. The van der Waals surface area contributed by atoms with E-state index in [1.54, 1.807) is 24.9 Å². The second-order valence-corrected chi connectivity index (χ2v) is 7.52. The van der Waals surface area contributed by atoms with Gasteiger partial charge in [-0.15, -0.1) is 0 Å². The number of hydrogen-bond acceptors (Lipinski definition) is 2.